The summed E-state index contributed by atoms with van der Waals surface area (Å²) >= 11 is 0. The predicted octanol–water partition coefficient (Wildman–Crippen LogP) is -1.16. The van der Waals surface area contributed by atoms with Crippen LogP contribution in [0.3, 0.4) is 0 Å². The van der Waals surface area contributed by atoms with Crippen LogP contribution in [0.2, 0.25) is 6.32 Å². The lowest BCUT2D eigenvalue weighted by Gasteiger charge is -2.40. The molecule has 13 heteroatoms. The fourth-order valence-electron chi connectivity index (χ4n) is 3.64. The van der Waals surface area contributed by atoms with Gasteiger partial charge in [0, 0.05) is 6.54 Å². The largest absolute Gasteiger partial charge is 0.669 e. The Labute approximate surface area is 177 Å². The molecule has 1 amide bonds. The quantitative estimate of drug-likeness (QED) is 0.393. The number of fused-ring (bicyclic) bond motifs is 1. The van der Waals surface area contributed by atoms with E-state index in [2.05, 4.69) is 15.6 Å². The standard InChI is InChI=1S/C18H23BN5O7/c1-20-6-12-7-24(22-21-12)10-15(25)23-8-13(9-23)30-14-3-2-11-4-5-19(28,29)31-17(11)16(14)18(26)27/h2-3,7,13,20,28-29H,4-6,8-10H2,1H3,(H,26,27)/q-1. The van der Waals surface area contributed by atoms with E-state index in [4.69, 9.17) is 9.39 Å². The van der Waals surface area contributed by atoms with Crippen molar-refractivity contribution in [2.45, 2.75) is 31.9 Å². The van der Waals surface area contributed by atoms with Crippen molar-refractivity contribution in [3.05, 3.63) is 35.2 Å². The zero-order chi connectivity index (χ0) is 22.2. The van der Waals surface area contributed by atoms with Crippen LogP contribution in [-0.4, -0.2) is 79.9 Å². The molecule has 1 aromatic carbocycles. The highest BCUT2D eigenvalue weighted by atomic mass is 16.6. The van der Waals surface area contributed by atoms with Crippen LogP contribution < -0.4 is 14.7 Å². The first kappa shape index (κ1) is 21.1. The number of aryl methyl sites for hydroxylation is 1. The second-order valence-corrected chi connectivity index (χ2v) is 7.72. The van der Waals surface area contributed by atoms with Crippen molar-refractivity contribution in [2.24, 2.45) is 0 Å². The number of carbonyl (C=O) groups is 2. The fraction of sp³-hybridized carbons (Fsp3) is 0.444. The second-order valence-electron chi connectivity index (χ2n) is 7.72. The van der Waals surface area contributed by atoms with Gasteiger partial charge < -0.3 is 34.8 Å². The van der Waals surface area contributed by atoms with Crippen LogP contribution in [0.15, 0.2) is 18.3 Å². The number of carbonyl (C=O) groups excluding carboxylic acids is 1. The lowest BCUT2D eigenvalue weighted by Crippen LogP contribution is -2.57. The van der Waals surface area contributed by atoms with E-state index in [1.54, 1.807) is 24.2 Å². The molecule has 0 aliphatic carbocycles. The van der Waals surface area contributed by atoms with Gasteiger partial charge >= 0.3 is 12.7 Å². The topological polar surface area (TPSA) is 159 Å². The van der Waals surface area contributed by atoms with E-state index in [9.17, 15) is 24.7 Å². The van der Waals surface area contributed by atoms with Crippen molar-refractivity contribution in [3.63, 3.8) is 0 Å². The van der Waals surface area contributed by atoms with Crippen LogP contribution >= 0.6 is 0 Å². The number of hydrogen-bond acceptors (Lipinski definition) is 9. The van der Waals surface area contributed by atoms with Crippen molar-refractivity contribution in [1.29, 1.82) is 0 Å². The minimum atomic E-state index is -3.10. The molecule has 1 fully saturated rings. The van der Waals surface area contributed by atoms with Crippen LogP contribution in [-0.2, 0) is 24.3 Å². The Hall–Kier alpha value is -3.16. The fourth-order valence-corrected chi connectivity index (χ4v) is 3.64. The maximum atomic E-state index is 12.4. The molecule has 1 aromatic heterocycles. The summed E-state index contributed by atoms with van der Waals surface area (Å²) in [6.45, 7) is -1.91. The van der Waals surface area contributed by atoms with E-state index < -0.39 is 18.8 Å². The minimum Gasteiger partial charge on any atom is -0.669 e. The Morgan fingerprint density at radius 3 is 2.84 bits per heavy atom. The monoisotopic (exact) mass is 432 g/mol. The van der Waals surface area contributed by atoms with Gasteiger partial charge in [-0.05, 0) is 25.1 Å². The number of benzene rings is 1. The maximum Gasteiger partial charge on any atom is 0.430 e. The first-order valence-corrected chi connectivity index (χ1v) is 9.92. The van der Waals surface area contributed by atoms with Crippen molar-refractivity contribution in [1.82, 2.24) is 25.2 Å². The maximum absolute atomic E-state index is 12.4. The Morgan fingerprint density at radius 1 is 1.35 bits per heavy atom. The number of nitrogens with one attached hydrogen (secondary N) is 1. The average Bonchev–Trinajstić information content (AvgIpc) is 3.09. The highest BCUT2D eigenvalue weighted by Crippen LogP contribution is 2.38. The molecule has 0 saturated carbocycles. The summed E-state index contributed by atoms with van der Waals surface area (Å²) in [5, 5.41) is 40.1. The van der Waals surface area contributed by atoms with Crippen molar-refractivity contribution < 1.29 is 34.1 Å². The van der Waals surface area contributed by atoms with Crippen LogP contribution in [0.4, 0.5) is 0 Å². The van der Waals surface area contributed by atoms with Crippen LogP contribution in [0, 0.1) is 0 Å². The molecule has 31 heavy (non-hydrogen) atoms. The number of carboxylic acid groups (broad SMARTS) is 1. The molecule has 0 bridgehead atoms. The number of aromatic nitrogens is 3. The second kappa shape index (κ2) is 8.17. The summed E-state index contributed by atoms with van der Waals surface area (Å²) in [6, 6.07) is 3.18. The number of nitrogens with zero attached hydrogens (tertiary/aromatic N) is 4. The van der Waals surface area contributed by atoms with E-state index in [-0.39, 0.29) is 42.3 Å². The molecule has 166 valence electrons. The summed E-state index contributed by atoms with van der Waals surface area (Å²) in [6.07, 6.45) is 1.58. The normalized spacial score (nSPS) is 17.5. The Bertz CT molecular complexity index is 1010. The van der Waals surface area contributed by atoms with Gasteiger partial charge in [0.05, 0.1) is 30.7 Å². The molecular weight excluding hydrogens is 409 g/mol. The van der Waals surface area contributed by atoms with Gasteiger partial charge in [-0.3, -0.25) is 4.79 Å². The summed E-state index contributed by atoms with van der Waals surface area (Å²) < 4.78 is 12.4. The third-order valence-corrected chi connectivity index (χ3v) is 5.25. The SMILES string of the molecule is CNCc1cn(CC(=O)N2CC(Oc3ccc4c(c3C(=O)O)O[B-](O)(O)CC4)C2)nn1. The molecule has 2 aliphatic rings. The molecule has 0 spiro atoms. The third-order valence-electron chi connectivity index (χ3n) is 5.25. The predicted molar refractivity (Wildman–Crippen MR) is 107 cm³/mol. The summed E-state index contributed by atoms with van der Waals surface area (Å²) in [5.41, 5.74) is 1.05. The molecule has 0 atom stereocenters. The number of ether oxygens (including phenoxy) is 1. The molecule has 1 saturated heterocycles. The van der Waals surface area contributed by atoms with E-state index in [0.717, 1.165) is 5.69 Å². The molecular formula is C18H23BN5O7-. The Morgan fingerprint density at radius 2 is 2.13 bits per heavy atom. The lowest BCUT2D eigenvalue weighted by atomic mass is 9.70. The average molecular weight is 432 g/mol. The number of hydrogen-bond donors (Lipinski definition) is 4. The van der Waals surface area contributed by atoms with Gasteiger partial charge in [-0.1, -0.05) is 17.6 Å². The van der Waals surface area contributed by atoms with Gasteiger partial charge in [0.15, 0.2) is 0 Å². The Kier molecular flexibility index (Phi) is 5.56. The summed E-state index contributed by atoms with van der Waals surface area (Å²) in [7, 11) is 1.79. The molecule has 0 radical (unpaired) electrons. The number of rotatable bonds is 7. The van der Waals surface area contributed by atoms with Crippen LogP contribution in [0.5, 0.6) is 11.5 Å². The van der Waals surface area contributed by atoms with Gasteiger partial charge in [0.1, 0.15) is 24.0 Å². The van der Waals surface area contributed by atoms with Gasteiger partial charge in [0.2, 0.25) is 5.91 Å². The summed E-state index contributed by atoms with van der Waals surface area (Å²) in [4.78, 5) is 25.8. The molecule has 0 unspecified atom stereocenters. The van der Waals surface area contributed by atoms with Crippen LogP contribution in [0.1, 0.15) is 21.6 Å². The van der Waals surface area contributed by atoms with Gasteiger partial charge in [-0.2, -0.15) is 0 Å². The van der Waals surface area contributed by atoms with Crippen LogP contribution in [0.25, 0.3) is 0 Å². The molecule has 4 N–H and O–H groups in total. The lowest BCUT2D eigenvalue weighted by molar-refractivity contribution is -0.140. The molecule has 2 aliphatic heterocycles. The zero-order valence-electron chi connectivity index (χ0n) is 16.9. The number of amides is 1. The van der Waals surface area contributed by atoms with Crippen molar-refractivity contribution >= 4 is 18.6 Å². The zero-order valence-corrected chi connectivity index (χ0v) is 16.9. The summed E-state index contributed by atoms with van der Waals surface area (Å²) in [5.74, 6) is -1.47. The third kappa shape index (κ3) is 4.48. The van der Waals surface area contributed by atoms with Crippen molar-refractivity contribution in [3.8, 4) is 11.5 Å². The van der Waals surface area contributed by atoms with Gasteiger partial charge in [0.25, 0.3) is 0 Å². The minimum absolute atomic E-state index is 0.00577. The number of carboxylic acids is 1. The number of aromatic carboxylic acids is 1. The molecule has 2 aromatic rings. The van der Waals surface area contributed by atoms with E-state index in [1.165, 1.54) is 10.7 Å². The first-order valence-electron chi connectivity index (χ1n) is 9.92. The number of likely N-dealkylation sites (tertiary alicyclic amines) is 1. The van der Waals surface area contributed by atoms with E-state index in [0.29, 0.717) is 25.2 Å². The van der Waals surface area contributed by atoms with E-state index >= 15 is 0 Å². The van der Waals surface area contributed by atoms with Crippen molar-refractivity contribution in [2.75, 3.05) is 20.1 Å². The molecule has 12 nitrogen and oxygen atoms in total. The first-order chi connectivity index (χ1) is 14.8. The van der Waals surface area contributed by atoms with E-state index in [1.807, 2.05) is 0 Å². The van der Waals surface area contributed by atoms with Gasteiger partial charge in [-0.15, -0.1) is 5.10 Å². The molecule has 3 heterocycles. The highest BCUT2D eigenvalue weighted by Gasteiger charge is 2.36. The van der Waals surface area contributed by atoms with Gasteiger partial charge in [-0.25, -0.2) is 9.48 Å². The Balaban J connectivity index is 1.39. The highest BCUT2D eigenvalue weighted by molar-refractivity contribution is 6.59. The smallest absolute Gasteiger partial charge is 0.430 e. The molecule has 4 rings (SSSR count).